The standard InChI is InChI=1S/C35H35Cl2N3O5/c1-23-26(22-45-34-15-33(27(20-41)14-31(34)36)44-21-25-13-24(16-38)17-39-18-25)5-2-6-29(23)30-7-3-8-32(35(30)37)43-12-4-10-40-11-9-28(42)19-40/h2-3,5-8,13-15,17-18,28,41-42H,4,9-12,19-22H2,1H3. The van der Waals surface area contributed by atoms with Crippen molar-refractivity contribution in [1.82, 2.24) is 9.88 Å². The summed E-state index contributed by atoms with van der Waals surface area (Å²) in [7, 11) is 0. The summed E-state index contributed by atoms with van der Waals surface area (Å²) in [5, 5.41) is 29.7. The topological polar surface area (TPSA) is 108 Å². The van der Waals surface area contributed by atoms with E-state index in [1.807, 2.05) is 43.3 Å². The highest BCUT2D eigenvalue weighted by molar-refractivity contribution is 6.35. The predicted molar refractivity (Wildman–Crippen MR) is 174 cm³/mol. The van der Waals surface area contributed by atoms with Gasteiger partial charge in [0.25, 0.3) is 0 Å². The van der Waals surface area contributed by atoms with Gasteiger partial charge in [0.15, 0.2) is 0 Å². The lowest BCUT2D eigenvalue weighted by Gasteiger charge is -2.18. The predicted octanol–water partition coefficient (Wildman–Crippen LogP) is 6.72. The lowest BCUT2D eigenvalue weighted by atomic mass is 9.96. The fraction of sp³-hybridized carbons (Fsp3) is 0.314. The molecule has 1 aromatic heterocycles. The van der Waals surface area contributed by atoms with Crippen LogP contribution >= 0.6 is 23.2 Å². The molecule has 234 valence electrons. The van der Waals surface area contributed by atoms with Crippen molar-refractivity contribution in [3.05, 3.63) is 105 Å². The lowest BCUT2D eigenvalue weighted by molar-refractivity contribution is 0.173. The number of benzene rings is 3. The Morgan fingerprint density at radius 3 is 2.53 bits per heavy atom. The van der Waals surface area contributed by atoms with Gasteiger partial charge in [0.1, 0.15) is 36.5 Å². The summed E-state index contributed by atoms with van der Waals surface area (Å²) in [4.78, 5) is 6.31. The highest BCUT2D eigenvalue weighted by Gasteiger charge is 2.20. The molecule has 1 aliphatic heterocycles. The van der Waals surface area contributed by atoms with Crippen molar-refractivity contribution in [2.45, 2.75) is 45.7 Å². The summed E-state index contributed by atoms with van der Waals surface area (Å²) in [6, 6.07) is 18.8. The summed E-state index contributed by atoms with van der Waals surface area (Å²) in [6.07, 6.45) is 4.56. The lowest BCUT2D eigenvalue weighted by Crippen LogP contribution is -2.24. The number of pyridine rings is 1. The average Bonchev–Trinajstić information content (AvgIpc) is 3.47. The Kier molecular flexibility index (Phi) is 11.2. The van der Waals surface area contributed by atoms with Crippen molar-refractivity contribution in [1.29, 1.82) is 5.26 Å². The van der Waals surface area contributed by atoms with Crippen molar-refractivity contribution >= 4 is 23.2 Å². The molecule has 1 fully saturated rings. The van der Waals surface area contributed by atoms with Crippen molar-refractivity contribution in [3.8, 4) is 34.4 Å². The zero-order valence-corrected chi connectivity index (χ0v) is 26.5. The van der Waals surface area contributed by atoms with Crippen LogP contribution < -0.4 is 14.2 Å². The van der Waals surface area contributed by atoms with Gasteiger partial charge < -0.3 is 29.3 Å². The van der Waals surface area contributed by atoms with E-state index in [2.05, 4.69) is 16.0 Å². The maximum Gasteiger partial charge on any atom is 0.142 e. The van der Waals surface area contributed by atoms with Gasteiger partial charge in [-0.1, -0.05) is 53.5 Å². The van der Waals surface area contributed by atoms with Crippen LogP contribution in [0, 0.1) is 18.3 Å². The van der Waals surface area contributed by atoms with Gasteiger partial charge in [0, 0.05) is 54.8 Å². The molecule has 1 unspecified atom stereocenters. The third kappa shape index (κ3) is 8.26. The molecule has 1 atom stereocenters. The molecule has 1 saturated heterocycles. The molecule has 2 N–H and O–H groups in total. The zero-order chi connectivity index (χ0) is 31.8. The van der Waals surface area contributed by atoms with Crippen LogP contribution in [0.2, 0.25) is 10.0 Å². The monoisotopic (exact) mass is 647 g/mol. The molecule has 0 saturated carbocycles. The average molecular weight is 649 g/mol. The fourth-order valence-electron chi connectivity index (χ4n) is 5.34. The first kappa shape index (κ1) is 32.6. The molecule has 0 spiro atoms. The Morgan fingerprint density at radius 2 is 1.76 bits per heavy atom. The Balaban J connectivity index is 1.26. The second-order valence-electron chi connectivity index (χ2n) is 11.0. The number of nitrogens with zero attached hydrogens (tertiary/aromatic N) is 3. The maximum absolute atomic E-state index is 9.89. The molecule has 0 radical (unpaired) electrons. The van der Waals surface area contributed by atoms with Crippen LogP contribution in [-0.4, -0.2) is 52.4 Å². The summed E-state index contributed by atoms with van der Waals surface area (Å²) >= 11 is 13.4. The quantitative estimate of drug-likeness (QED) is 0.154. The smallest absolute Gasteiger partial charge is 0.142 e. The summed E-state index contributed by atoms with van der Waals surface area (Å²) in [5.74, 6) is 1.47. The van der Waals surface area contributed by atoms with E-state index in [1.165, 1.54) is 6.20 Å². The molecular weight excluding hydrogens is 613 g/mol. The van der Waals surface area contributed by atoms with Crippen molar-refractivity contribution < 1.29 is 24.4 Å². The molecule has 3 aromatic carbocycles. The Hall–Kier alpha value is -3.84. The number of rotatable bonds is 13. The molecule has 4 aromatic rings. The fourth-order valence-corrected chi connectivity index (χ4v) is 5.86. The van der Waals surface area contributed by atoms with Crippen molar-refractivity contribution in [2.24, 2.45) is 0 Å². The van der Waals surface area contributed by atoms with E-state index >= 15 is 0 Å². The van der Waals surface area contributed by atoms with E-state index in [0.29, 0.717) is 45.0 Å². The Labute approximate surface area is 273 Å². The van der Waals surface area contributed by atoms with E-state index < -0.39 is 0 Å². The Bertz CT molecular complexity index is 1680. The summed E-state index contributed by atoms with van der Waals surface area (Å²) in [5.41, 5.74) is 5.47. The first-order valence-corrected chi connectivity index (χ1v) is 15.5. The van der Waals surface area contributed by atoms with Crippen LogP contribution in [0.5, 0.6) is 17.2 Å². The number of halogens is 2. The molecule has 5 rings (SSSR count). The summed E-state index contributed by atoms with van der Waals surface area (Å²) in [6.45, 7) is 5.21. The van der Waals surface area contributed by atoms with E-state index in [0.717, 1.165) is 60.3 Å². The van der Waals surface area contributed by atoms with E-state index in [4.69, 9.17) is 42.7 Å². The first-order valence-electron chi connectivity index (χ1n) is 14.8. The molecule has 0 bridgehead atoms. The van der Waals surface area contributed by atoms with E-state index in [9.17, 15) is 10.2 Å². The number of β-amino-alcohol motifs (C(OH)–C–C–N with tert-alkyl or cyclic N) is 1. The van der Waals surface area contributed by atoms with E-state index in [1.54, 1.807) is 24.4 Å². The van der Waals surface area contributed by atoms with Gasteiger partial charge in [-0.05, 0) is 54.7 Å². The van der Waals surface area contributed by atoms with Crippen molar-refractivity contribution in [2.75, 3.05) is 26.2 Å². The van der Waals surface area contributed by atoms with Crippen LogP contribution in [0.3, 0.4) is 0 Å². The molecule has 10 heteroatoms. The number of nitriles is 1. The van der Waals surface area contributed by atoms with Gasteiger partial charge in [-0.3, -0.25) is 4.98 Å². The largest absolute Gasteiger partial charge is 0.492 e. The highest BCUT2D eigenvalue weighted by atomic mass is 35.5. The number of likely N-dealkylation sites (tertiary alicyclic amines) is 1. The van der Waals surface area contributed by atoms with Gasteiger partial charge >= 0.3 is 0 Å². The Morgan fingerprint density at radius 1 is 0.956 bits per heavy atom. The van der Waals surface area contributed by atoms with Crippen LogP contribution in [0.4, 0.5) is 0 Å². The van der Waals surface area contributed by atoms with Crippen molar-refractivity contribution in [3.63, 3.8) is 0 Å². The zero-order valence-electron chi connectivity index (χ0n) is 25.0. The third-order valence-electron chi connectivity index (χ3n) is 7.81. The van der Waals surface area contributed by atoms with Gasteiger partial charge in [-0.2, -0.15) is 5.26 Å². The van der Waals surface area contributed by atoms with E-state index in [-0.39, 0.29) is 25.9 Å². The van der Waals surface area contributed by atoms with Gasteiger partial charge in [0.05, 0.1) is 34.9 Å². The van der Waals surface area contributed by atoms with Gasteiger partial charge in [0.2, 0.25) is 0 Å². The maximum atomic E-state index is 9.89. The number of hydrogen-bond acceptors (Lipinski definition) is 8. The second-order valence-corrected chi connectivity index (χ2v) is 11.8. The molecule has 0 aliphatic carbocycles. The highest BCUT2D eigenvalue weighted by Crippen LogP contribution is 2.38. The van der Waals surface area contributed by atoms with Crippen LogP contribution in [0.1, 0.15) is 40.7 Å². The number of aliphatic hydroxyl groups is 2. The van der Waals surface area contributed by atoms with Crippen LogP contribution in [0.25, 0.3) is 11.1 Å². The minimum absolute atomic E-state index is 0.157. The molecule has 45 heavy (non-hydrogen) atoms. The second kappa shape index (κ2) is 15.4. The molecule has 8 nitrogen and oxygen atoms in total. The normalized spacial score (nSPS) is 14.7. The minimum atomic E-state index is -0.265. The van der Waals surface area contributed by atoms with Gasteiger partial charge in [-0.25, -0.2) is 0 Å². The summed E-state index contributed by atoms with van der Waals surface area (Å²) < 4.78 is 18.2. The molecule has 0 amide bonds. The van der Waals surface area contributed by atoms with Crippen LogP contribution in [0.15, 0.2) is 67.0 Å². The van der Waals surface area contributed by atoms with Crippen LogP contribution in [-0.2, 0) is 19.8 Å². The molecule has 2 heterocycles. The third-order valence-corrected chi connectivity index (χ3v) is 8.50. The van der Waals surface area contributed by atoms with Gasteiger partial charge in [-0.15, -0.1) is 0 Å². The first-order chi connectivity index (χ1) is 21.9. The molecule has 1 aliphatic rings. The molecular formula is C35H35Cl2N3O5. The number of aromatic nitrogens is 1. The number of ether oxygens (including phenoxy) is 3. The minimum Gasteiger partial charge on any atom is -0.492 e. The number of aliphatic hydroxyl groups excluding tert-OH is 2. The number of hydrogen-bond donors (Lipinski definition) is 2. The SMILES string of the molecule is Cc1c(COc2cc(OCc3cncc(C#N)c3)c(CO)cc2Cl)cccc1-c1cccc(OCCCN2CCC(O)C2)c1Cl.